The Morgan fingerprint density at radius 3 is 2.67 bits per heavy atom. The molecule has 0 aliphatic heterocycles. The lowest BCUT2D eigenvalue weighted by Crippen LogP contribution is -2.30. The molecular formula is C13H11N3S2. The van der Waals surface area contributed by atoms with Crippen molar-refractivity contribution in [2.75, 3.05) is 0 Å². The van der Waals surface area contributed by atoms with E-state index in [9.17, 15) is 0 Å². The molecule has 3 N–H and O–H groups in total. The van der Waals surface area contributed by atoms with Gasteiger partial charge in [0.2, 0.25) is 0 Å². The fraction of sp³-hybridized carbons (Fsp3) is 0. The lowest BCUT2D eigenvalue weighted by atomic mass is 10.3. The van der Waals surface area contributed by atoms with Crippen molar-refractivity contribution in [3.05, 3.63) is 52.7 Å². The summed E-state index contributed by atoms with van der Waals surface area (Å²) < 4.78 is 2.54. The van der Waals surface area contributed by atoms with Gasteiger partial charge >= 0.3 is 0 Å². The van der Waals surface area contributed by atoms with E-state index >= 15 is 0 Å². The first-order valence-electron chi connectivity index (χ1n) is 5.44. The van der Waals surface area contributed by atoms with Crippen molar-refractivity contribution >= 4 is 43.6 Å². The Labute approximate surface area is 113 Å². The predicted molar refractivity (Wildman–Crippen MR) is 79.7 cm³/mol. The molecule has 0 fully saturated rings. The highest BCUT2D eigenvalue weighted by Gasteiger charge is 2.08. The molecule has 3 nitrogen and oxygen atoms in total. The molecule has 0 bridgehead atoms. The van der Waals surface area contributed by atoms with Crippen LogP contribution in [0.4, 0.5) is 5.69 Å². The summed E-state index contributed by atoms with van der Waals surface area (Å²) in [5.41, 5.74) is 3.57. The maximum absolute atomic E-state index is 5.57. The number of amidine groups is 1. The Morgan fingerprint density at radius 1 is 1.11 bits per heavy atom. The van der Waals surface area contributed by atoms with Gasteiger partial charge in [0.15, 0.2) is 5.84 Å². The number of nitrogens with two attached hydrogens (primary N) is 1. The molecule has 0 aliphatic carbocycles. The van der Waals surface area contributed by atoms with E-state index in [1.54, 1.807) is 22.7 Å². The van der Waals surface area contributed by atoms with Crippen molar-refractivity contribution in [3.8, 4) is 0 Å². The maximum Gasteiger partial charge on any atom is 0.158 e. The van der Waals surface area contributed by atoms with Gasteiger partial charge < -0.3 is 5.43 Å². The molecule has 0 spiro atoms. The highest BCUT2D eigenvalue weighted by atomic mass is 32.1. The molecule has 0 amide bonds. The van der Waals surface area contributed by atoms with Crippen LogP contribution >= 0.6 is 22.7 Å². The number of benzene rings is 1. The highest BCUT2D eigenvalue weighted by Crippen LogP contribution is 2.30. The third kappa shape index (κ3) is 2.15. The van der Waals surface area contributed by atoms with Gasteiger partial charge in [-0.1, -0.05) is 18.2 Å². The molecule has 0 radical (unpaired) electrons. The van der Waals surface area contributed by atoms with Crippen LogP contribution in [0.25, 0.3) is 9.40 Å². The maximum atomic E-state index is 5.57. The van der Waals surface area contributed by atoms with Gasteiger partial charge in [-0.05, 0) is 29.6 Å². The van der Waals surface area contributed by atoms with Gasteiger partial charge in [0.1, 0.15) is 0 Å². The summed E-state index contributed by atoms with van der Waals surface area (Å²) in [6, 6.07) is 14.0. The smallest absolute Gasteiger partial charge is 0.158 e. The first kappa shape index (κ1) is 11.4. The molecule has 5 heteroatoms. The monoisotopic (exact) mass is 273 g/mol. The van der Waals surface area contributed by atoms with E-state index in [-0.39, 0.29) is 0 Å². The Balaban J connectivity index is 2.02. The van der Waals surface area contributed by atoms with E-state index in [4.69, 9.17) is 5.84 Å². The number of hydrogen-bond donors (Lipinski definition) is 2. The Morgan fingerprint density at radius 2 is 1.94 bits per heavy atom. The number of hydrazine groups is 1. The van der Waals surface area contributed by atoms with Gasteiger partial charge in [0.05, 0.1) is 10.6 Å². The minimum atomic E-state index is 0.703. The summed E-state index contributed by atoms with van der Waals surface area (Å²) in [5.74, 6) is 6.28. The van der Waals surface area contributed by atoms with Gasteiger partial charge in [0.25, 0.3) is 0 Å². The van der Waals surface area contributed by atoms with E-state index in [0.717, 1.165) is 10.6 Å². The average Bonchev–Trinajstić information content (AvgIpc) is 2.98. The highest BCUT2D eigenvalue weighted by molar-refractivity contribution is 7.27. The van der Waals surface area contributed by atoms with Crippen LogP contribution in [0, 0.1) is 0 Å². The zero-order valence-corrected chi connectivity index (χ0v) is 11.1. The second-order valence-electron chi connectivity index (χ2n) is 3.70. The van der Waals surface area contributed by atoms with Gasteiger partial charge in [-0.15, -0.1) is 22.7 Å². The molecule has 90 valence electrons. The number of thiophene rings is 2. The minimum absolute atomic E-state index is 0.703. The van der Waals surface area contributed by atoms with Gasteiger partial charge in [-0.3, -0.25) is 0 Å². The molecule has 0 atom stereocenters. The summed E-state index contributed by atoms with van der Waals surface area (Å²) in [6.07, 6.45) is 0. The first-order valence-corrected chi connectivity index (χ1v) is 7.14. The molecular weight excluding hydrogens is 262 g/mol. The molecule has 3 rings (SSSR count). The predicted octanol–water partition coefficient (Wildman–Crippen LogP) is 3.50. The van der Waals surface area contributed by atoms with E-state index < -0.39 is 0 Å². The molecule has 0 saturated heterocycles. The number of rotatable bonds is 2. The third-order valence-corrected chi connectivity index (χ3v) is 4.61. The van der Waals surface area contributed by atoms with E-state index in [2.05, 4.69) is 27.9 Å². The number of fused-ring (bicyclic) bond motifs is 1. The van der Waals surface area contributed by atoms with E-state index in [0.29, 0.717) is 5.84 Å². The number of nitrogens with one attached hydrogen (secondary N) is 1. The minimum Gasteiger partial charge on any atom is -0.307 e. The molecule has 2 aromatic heterocycles. The molecule has 0 aliphatic rings. The van der Waals surface area contributed by atoms with Crippen LogP contribution in [0.15, 0.2) is 52.8 Å². The number of aliphatic imine (C=N–C) groups is 1. The quantitative estimate of drug-likeness (QED) is 0.325. The van der Waals surface area contributed by atoms with Crippen LogP contribution in [0.2, 0.25) is 0 Å². The van der Waals surface area contributed by atoms with Crippen LogP contribution in [0.1, 0.15) is 4.88 Å². The van der Waals surface area contributed by atoms with Gasteiger partial charge in [-0.2, -0.15) is 0 Å². The van der Waals surface area contributed by atoms with Crippen LogP contribution in [0.3, 0.4) is 0 Å². The number of para-hydroxylation sites is 1. The van der Waals surface area contributed by atoms with Crippen molar-refractivity contribution in [1.82, 2.24) is 5.43 Å². The van der Waals surface area contributed by atoms with Gasteiger partial charge in [-0.25, -0.2) is 10.8 Å². The fourth-order valence-corrected chi connectivity index (χ4v) is 3.73. The largest absolute Gasteiger partial charge is 0.307 e. The first-order chi connectivity index (χ1) is 8.86. The van der Waals surface area contributed by atoms with Crippen molar-refractivity contribution in [2.24, 2.45) is 10.8 Å². The van der Waals surface area contributed by atoms with Crippen LogP contribution in [-0.2, 0) is 0 Å². The molecule has 1 aromatic carbocycles. The Kier molecular flexibility index (Phi) is 3.10. The van der Waals surface area contributed by atoms with Gasteiger partial charge in [0, 0.05) is 9.40 Å². The van der Waals surface area contributed by atoms with E-state index in [1.165, 1.54) is 9.40 Å². The topological polar surface area (TPSA) is 50.4 Å². The fourth-order valence-electron chi connectivity index (χ4n) is 1.67. The van der Waals surface area contributed by atoms with Crippen molar-refractivity contribution in [1.29, 1.82) is 0 Å². The SMILES string of the molecule is NNC(=Nc1ccccc1)c1cc2sccc2s1. The van der Waals surface area contributed by atoms with Crippen molar-refractivity contribution in [3.63, 3.8) is 0 Å². The molecule has 0 unspecified atom stereocenters. The lowest BCUT2D eigenvalue weighted by molar-refractivity contribution is 1.03. The molecule has 18 heavy (non-hydrogen) atoms. The van der Waals surface area contributed by atoms with E-state index in [1.807, 2.05) is 30.3 Å². The summed E-state index contributed by atoms with van der Waals surface area (Å²) in [4.78, 5) is 5.58. The Hall–Kier alpha value is -1.69. The van der Waals surface area contributed by atoms with Crippen LogP contribution in [-0.4, -0.2) is 5.84 Å². The van der Waals surface area contributed by atoms with Crippen LogP contribution < -0.4 is 11.3 Å². The standard InChI is InChI=1S/C13H11N3S2/c14-16-13(15-9-4-2-1-3-5-9)12-8-11-10(18-12)6-7-17-11/h1-8H,14H2,(H,15,16). The van der Waals surface area contributed by atoms with Crippen LogP contribution in [0.5, 0.6) is 0 Å². The summed E-state index contributed by atoms with van der Waals surface area (Å²) in [6.45, 7) is 0. The summed E-state index contributed by atoms with van der Waals surface area (Å²) >= 11 is 3.42. The summed E-state index contributed by atoms with van der Waals surface area (Å²) in [5, 5.41) is 2.09. The number of hydrogen-bond acceptors (Lipinski definition) is 4. The summed E-state index contributed by atoms with van der Waals surface area (Å²) in [7, 11) is 0. The second kappa shape index (κ2) is 4.89. The molecule has 2 heterocycles. The molecule has 0 saturated carbocycles. The normalized spacial score (nSPS) is 11.9. The molecule has 3 aromatic rings. The Bertz CT molecular complexity index is 654. The number of nitrogens with zero attached hydrogens (tertiary/aromatic N) is 1. The average molecular weight is 273 g/mol. The zero-order chi connectivity index (χ0) is 12.4. The lowest BCUT2D eigenvalue weighted by Gasteiger charge is -2.02. The second-order valence-corrected chi connectivity index (χ2v) is 5.73. The zero-order valence-electron chi connectivity index (χ0n) is 9.46. The van der Waals surface area contributed by atoms with Crippen molar-refractivity contribution < 1.29 is 0 Å². The van der Waals surface area contributed by atoms with Crippen molar-refractivity contribution in [2.45, 2.75) is 0 Å². The third-order valence-electron chi connectivity index (χ3n) is 2.51.